The van der Waals surface area contributed by atoms with E-state index in [0.29, 0.717) is 34.3 Å². The number of aryl methyl sites for hydroxylation is 2. The Bertz CT molecular complexity index is 1510. The molecule has 1 saturated carbocycles. The second kappa shape index (κ2) is 9.74. The van der Waals surface area contributed by atoms with Gasteiger partial charge in [-0.3, -0.25) is 4.79 Å². The number of hydrogen-bond acceptors (Lipinski definition) is 5. The van der Waals surface area contributed by atoms with Crippen molar-refractivity contribution in [1.82, 2.24) is 19.5 Å². The Morgan fingerprint density at radius 2 is 1.82 bits per heavy atom. The number of carbonyl (C=O) groups excluding carboxylic acids is 1. The predicted molar refractivity (Wildman–Crippen MR) is 140 cm³/mol. The summed E-state index contributed by atoms with van der Waals surface area (Å²) < 4.78 is 41.4. The van der Waals surface area contributed by atoms with E-state index in [1.54, 1.807) is 0 Å². The van der Waals surface area contributed by atoms with Crippen LogP contribution in [-0.4, -0.2) is 31.5 Å². The average molecular weight is 523 g/mol. The third-order valence-electron chi connectivity index (χ3n) is 7.30. The Morgan fingerprint density at radius 3 is 2.42 bits per heavy atom. The normalized spacial score (nSPS) is 14.9. The van der Waals surface area contributed by atoms with Crippen molar-refractivity contribution in [3.63, 3.8) is 0 Å². The molecular weight excluding hydrogens is 493 g/mol. The van der Waals surface area contributed by atoms with Gasteiger partial charge in [-0.2, -0.15) is 13.2 Å². The topological polar surface area (TPSA) is 98.7 Å². The van der Waals surface area contributed by atoms with Gasteiger partial charge < -0.3 is 15.6 Å². The number of carbonyl (C=O) groups is 1. The van der Waals surface area contributed by atoms with Crippen LogP contribution in [0.25, 0.3) is 22.6 Å². The van der Waals surface area contributed by atoms with Crippen molar-refractivity contribution >= 4 is 22.9 Å². The summed E-state index contributed by atoms with van der Waals surface area (Å²) in [7, 11) is 0. The lowest BCUT2D eigenvalue weighted by Crippen LogP contribution is -2.31. The molecule has 198 valence electrons. The van der Waals surface area contributed by atoms with Gasteiger partial charge >= 0.3 is 6.18 Å². The molecule has 1 amide bonds. The minimum absolute atomic E-state index is 0.0844. The number of halogens is 3. The van der Waals surface area contributed by atoms with Crippen LogP contribution >= 0.6 is 0 Å². The summed E-state index contributed by atoms with van der Waals surface area (Å²) in [5.74, 6) is 0.571. The first kappa shape index (κ1) is 25.7. The molecule has 1 atom stereocenters. The molecule has 0 saturated heterocycles. The third-order valence-corrected chi connectivity index (χ3v) is 7.30. The predicted octanol–water partition coefficient (Wildman–Crippen LogP) is 5.88. The molecule has 7 nitrogen and oxygen atoms in total. The Labute approximate surface area is 218 Å². The van der Waals surface area contributed by atoms with E-state index in [4.69, 9.17) is 10.7 Å². The number of rotatable bonds is 7. The average Bonchev–Trinajstić information content (AvgIpc) is 3.17. The van der Waals surface area contributed by atoms with Crippen LogP contribution in [0.2, 0.25) is 0 Å². The van der Waals surface area contributed by atoms with Crippen molar-refractivity contribution in [2.75, 3.05) is 5.32 Å². The number of aromatic nitrogens is 4. The number of benzene rings is 2. The number of nitrogens with zero attached hydrogens (tertiary/aromatic N) is 4. The lowest BCUT2D eigenvalue weighted by atomic mass is 9.80. The van der Waals surface area contributed by atoms with Gasteiger partial charge in [0.05, 0.1) is 5.56 Å². The molecule has 10 heteroatoms. The standard InChI is InChI=1S/C28H29F3N6O/c1-15-7-8-16(2)21(13-15)27-36-25-22(37(27)14-18-9-11-20(12-10-18)28(29,30)31)24(34-26(35-25)23(32)38)33-17(3)19-5-4-6-19/h7-13,17,19H,4-6,14H2,1-3H3,(H2,32,38)(H,33,34,35). The van der Waals surface area contributed by atoms with Gasteiger partial charge in [0.15, 0.2) is 11.5 Å². The number of alkyl halides is 3. The maximum absolute atomic E-state index is 13.2. The number of imidazole rings is 1. The highest BCUT2D eigenvalue weighted by molar-refractivity contribution is 5.94. The van der Waals surface area contributed by atoms with E-state index in [-0.39, 0.29) is 18.4 Å². The van der Waals surface area contributed by atoms with Crippen LogP contribution < -0.4 is 11.1 Å². The number of anilines is 1. The first-order chi connectivity index (χ1) is 18.0. The highest BCUT2D eigenvalue weighted by atomic mass is 19.4. The number of amides is 1. The number of fused-ring (bicyclic) bond motifs is 1. The van der Waals surface area contributed by atoms with Crippen LogP contribution in [-0.2, 0) is 12.7 Å². The summed E-state index contributed by atoms with van der Waals surface area (Å²) in [4.78, 5) is 25.7. The van der Waals surface area contributed by atoms with E-state index in [1.165, 1.54) is 18.6 Å². The fourth-order valence-corrected chi connectivity index (χ4v) is 4.84. The summed E-state index contributed by atoms with van der Waals surface area (Å²) in [6, 6.07) is 11.2. The van der Waals surface area contributed by atoms with Gasteiger partial charge in [-0.1, -0.05) is 36.2 Å². The van der Waals surface area contributed by atoms with E-state index in [2.05, 4.69) is 22.2 Å². The molecule has 38 heavy (non-hydrogen) atoms. The molecule has 1 fully saturated rings. The molecule has 0 radical (unpaired) electrons. The minimum Gasteiger partial charge on any atom is -0.365 e. The summed E-state index contributed by atoms with van der Waals surface area (Å²) in [5, 5.41) is 3.46. The molecule has 0 bridgehead atoms. The minimum atomic E-state index is -4.42. The highest BCUT2D eigenvalue weighted by Crippen LogP contribution is 2.35. The van der Waals surface area contributed by atoms with Gasteiger partial charge in [0.25, 0.3) is 5.91 Å². The van der Waals surface area contributed by atoms with Crippen LogP contribution in [0, 0.1) is 19.8 Å². The number of primary amides is 1. The summed E-state index contributed by atoms with van der Waals surface area (Å²) in [5.41, 5.74) is 9.21. The third kappa shape index (κ3) is 4.94. The van der Waals surface area contributed by atoms with Gasteiger partial charge in [0.1, 0.15) is 11.3 Å². The Balaban J connectivity index is 1.71. The van der Waals surface area contributed by atoms with Gasteiger partial charge in [0.2, 0.25) is 5.82 Å². The molecule has 1 unspecified atom stereocenters. The second-order valence-electron chi connectivity index (χ2n) is 10.1. The Kier molecular flexibility index (Phi) is 6.58. The van der Waals surface area contributed by atoms with Crippen molar-refractivity contribution < 1.29 is 18.0 Å². The molecule has 1 aliphatic rings. The van der Waals surface area contributed by atoms with E-state index in [0.717, 1.165) is 41.7 Å². The Morgan fingerprint density at radius 1 is 1.11 bits per heavy atom. The maximum atomic E-state index is 13.2. The fourth-order valence-electron chi connectivity index (χ4n) is 4.84. The van der Waals surface area contributed by atoms with Gasteiger partial charge in [-0.05, 0) is 68.9 Å². The quantitative estimate of drug-likeness (QED) is 0.316. The monoisotopic (exact) mass is 522 g/mol. The number of hydrogen-bond donors (Lipinski definition) is 2. The van der Waals surface area contributed by atoms with Crippen molar-refractivity contribution in [1.29, 1.82) is 0 Å². The van der Waals surface area contributed by atoms with Crippen molar-refractivity contribution in [3.05, 3.63) is 70.5 Å². The van der Waals surface area contributed by atoms with Crippen LogP contribution in [0.4, 0.5) is 19.0 Å². The van der Waals surface area contributed by atoms with Crippen LogP contribution in [0.15, 0.2) is 42.5 Å². The molecule has 0 spiro atoms. The molecule has 0 aliphatic heterocycles. The van der Waals surface area contributed by atoms with Gasteiger partial charge in [-0.15, -0.1) is 0 Å². The van der Waals surface area contributed by atoms with Crippen LogP contribution in [0.3, 0.4) is 0 Å². The van der Waals surface area contributed by atoms with Gasteiger partial charge in [-0.25, -0.2) is 15.0 Å². The number of nitrogens with two attached hydrogens (primary N) is 1. The first-order valence-electron chi connectivity index (χ1n) is 12.6. The maximum Gasteiger partial charge on any atom is 0.416 e. The van der Waals surface area contributed by atoms with E-state index in [1.807, 2.05) is 36.6 Å². The zero-order chi connectivity index (χ0) is 27.2. The molecular formula is C28H29F3N6O. The molecule has 2 aromatic heterocycles. The van der Waals surface area contributed by atoms with E-state index < -0.39 is 17.6 Å². The molecule has 2 aromatic carbocycles. The zero-order valence-corrected chi connectivity index (χ0v) is 21.4. The van der Waals surface area contributed by atoms with Crippen molar-refractivity contribution in [2.45, 2.75) is 58.8 Å². The number of nitrogens with one attached hydrogen (secondary N) is 1. The lowest BCUT2D eigenvalue weighted by molar-refractivity contribution is -0.137. The van der Waals surface area contributed by atoms with Crippen LogP contribution in [0.5, 0.6) is 0 Å². The van der Waals surface area contributed by atoms with E-state index >= 15 is 0 Å². The molecule has 1 aliphatic carbocycles. The SMILES string of the molecule is Cc1ccc(C)c(-c2nc3nc(C(N)=O)nc(NC(C)C4CCC4)c3n2Cc2ccc(C(F)(F)F)cc2)c1. The lowest BCUT2D eigenvalue weighted by Gasteiger charge is -2.32. The van der Waals surface area contributed by atoms with Gasteiger partial charge in [0, 0.05) is 18.2 Å². The molecule has 4 aromatic rings. The highest BCUT2D eigenvalue weighted by Gasteiger charge is 2.30. The largest absolute Gasteiger partial charge is 0.416 e. The van der Waals surface area contributed by atoms with Crippen molar-refractivity contribution in [3.8, 4) is 11.4 Å². The molecule has 2 heterocycles. The summed E-state index contributed by atoms with van der Waals surface area (Å²) in [6.07, 6.45) is -1.05. The van der Waals surface area contributed by atoms with E-state index in [9.17, 15) is 18.0 Å². The second-order valence-corrected chi connectivity index (χ2v) is 10.1. The first-order valence-corrected chi connectivity index (χ1v) is 12.6. The van der Waals surface area contributed by atoms with Crippen molar-refractivity contribution in [2.24, 2.45) is 11.7 Å². The summed E-state index contributed by atoms with van der Waals surface area (Å²) in [6.45, 7) is 6.24. The zero-order valence-electron chi connectivity index (χ0n) is 21.4. The molecule has 5 rings (SSSR count). The smallest absolute Gasteiger partial charge is 0.365 e. The fraction of sp³-hybridized carbons (Fsp3) is 0.357. The van der Waals surface area contributed by atoms with Crippen LogP contribution in [0.1, 0.15) is 59.1 Å². The Hall–Kier alpha value is -3.95. The molecule has 3 N–H and O–H groups in total. The summed E-state index contributed by atoms with van der Waals surface area (Å²) >= 11 is 0.